The van der Waals surface area contributed by atoms with Crippen LogP contribution < -0.4 is 5.73 Å². The Morgan fingerprint density at radius 3 is 2.25 bits per heavy atom. The summed E-state index contributed by atoms with van der Waals surface area (Å²) < 4.78 is 0. The van der Waals surface area contributed by atoms with E-state index in [9.17, 15) is 0 Å². The van der Waals surface area contributed by atoms with E-state index in [4.69, 9.17) is 5.73 Å². The number of hydrogen-bond donors (Lipinski definition) is 1. The molecule has 1 atom stereocenters. The second kappa shape index (κ2) is 3.92. The average molecular weight is 168 g/mol. The van der Waals surface area contributed by atoms with Gasteiger partial charge in [0.05, 0.1) is 11.9 Å². The number of nitrogens with zero attached hydrogens (tertiary/aromatic N) is 1. The molecule has 0 aromatic rings. The van der Waals surface area contributed by atoms with Crippen LogP contribution in [0.15, 0.2) is 4.99 Å². The SMILES string of the molecule is CC(C)C(N)=NC(C)C1CCC1. The van der Waals surface area contributed by atoms with Gasteiger partial charge in [-0.25, -0.2) is 0 Å². The molecule has 2 N–H and O–H groups in total. The summed E-state index contributed by atoms with van der Waals surface area (Å²) in [6.07, 6.45) is 4.07. The van der Waals surface area contributed by atoms with Gasteiger partial charge in [-0.15, -0.1) is 0 Å². The van der Waals surface area contributed by atoms with E-state index in [1.165, 1.54) is 19.3 Å². The van der Waals surface area contributed by atoms with Crippen LogP contribution in [0.5, 0.6) is 0 Å². The van der Waals surface area contributed by atoms with Crippen LogP contribution in [0.25, 0.3) is 0 Å². The second-order valence-corrected chi connectivity index (χ2v) is 4.14. The zero-order chi connectivity index (χ0) is 9.14. The molecule has 1 unspecified atom stereocenters. The maximum atomic E-state index is 5.78. The van der Waals surface area contributed by atoms with Gasteiger partial charge < -0.3 is 5.73 Å². The van der Waals surface area contributed by atoms with Gasteiger partial charge in [0.25, 0.3) is 0 Å². The molecule has 0 spiro atoms. The Bertz CT molecular complexity index is 169. The van der Waals surface area contributed by atoms with E-state index in [0.717, 1.165) is 11.8 Å². The van der Waals surface area contributed by atoms with Crippen molar-refractivity contribution in [1.29, 1.82) is 0 Å². The largest absolute Gasteiger partial charge is 0.387 e. The van der Waals surface area contributed by atoms with Gasteiger partial charge in [0.2, 0.25) is 0 Å². The molecule has 70 valence electrons. The highest BCUT2D eigenvalue weighted by Gasteiger charge is 2.23. The van der Waals surface area contributed by atoms with Gasteiger partial charge in [0, 0.05) is 5.92 Å². The van der Waals surface area contributed by atoms with Crippen molar-refractivity contribution in [3.63, 3.8) is 0 Å². The van der Waals surface area contributed by atoms with Gasteiger partial charge in [0.15, 0.2) is 0 Å². The van der Waals surface area contributed by atoms with Gasteiger partial charge in [0.1, 0.15) is 0 Å². The first-order chi connectivity index (χ1) is 5.61. The molecule has 0 aliphatic heterocycles. The predicted octanol–water partition coefficient (Wildman–Crippen LogP) is 2.19. The highest BCUT2D eigenvalue weighted by Crippen LogP contribution is 2.30. The van der Waals surface area contributed by atoms with Crippen molar-refractivity contribution in [3.05, 3.63) is 0 Å². The zero-order valence-corrected chi connectivity index (χ0v) is 8.38. The molecule has 2 heteroatoms. The molecular formula is C10H20N2. The Morgan fingerprint density at radius 2 is 1.92 bits per heavy atom. The molecule has 0 amide bonds. The molecule has 1 saturated carbocycles. The van der Waals surface area contributed by atoms with Crippen LogP contribution >= 0.6 is 0 Å². The summed E-state index contributed by atoms with van der Waals surface area (Å²) >= 11 is 0. The minimum Gasteiger partial charge on any atom is -0.387 e. The van der Waals surface area contributed by atoms with Crippen molar-refractivity contribution in [2.24, 2.45) is 22.6 Å². The van der Waals surface area contributed by atoms with Crippen molar-refractivity contribution in [1.82, 2.24) is 0 Å². The Labute approximate surface area is 75.3 Å². The van der Waals surface area contributed by atoms with Crippen molar-refractivity contribution < 1.29 is 0 Å². The maximum Gasteiger partial charge on any atom is 0.0966 e. The molecule has 0 saturated heterocycles. The van der Waals surface area contributed by atoms with E-state index in [1.54, 1.807) is 0 Å². The summed E-state index contributed by atoms with van der Waals surface area (Å²) in [4.78, 5) is 4.49. The maximum absolute atomic E-state index is 5.78. The summed E-state index contributed by atoms with van der Waals surface area (Å²) in [5, 5.41) is 0. The smallest absolute Gasteiger partial charge is 0.0966 e. The van der Waals surface area contributed by atoms with E-state index >= 15 is 0 Å². The van der Waals surface area contributed by atoms with E-state index in [1.807, 2.05) is 0 Å². The first-order valence-electron chi connectivity index (χ1n) is 4.94. The van der Waals surface area contributed by atoms with Crippen molar-refractivity contribution >= 4 is 5.84 Å². The van der Waals surface area contributed by atoms with E-state index in [2.05, 4.69) is 25.8 Å². The van der Waals surface area contributed by atoms with E-state index in [0.29, 0.717) is 12.0 Å². The average Bonchev–Trinajstić information content (AvgIpc) is 1.82. The normalized spacial score (nSPS) is 22.5. The molecule has 0 aromatic heterocycles. The summed E-state index contributed by atoms with van der Waals surface area (Å²) in [6.45, 7) is 6.36. The van der Waals surface area contributed by atoms with Crippen LogP contribution in [0.4, 0.5) is 0 Å². The van der Waals surface area contributed by atoms with Gasteiger partial charge in [-0.1, -0.05) is 20.3 Å². The highest BCUT2D eigenvalue weighted by molar-refractivity contribution is 5.82. The molecule has 0 radical (unpaired) electrons. The Balaban J connectivity index is 2.41. The van der Waals surface area contributed by atoms with Crippen LogP contribution in [0.1, 0.15) is 40.0 Å². The standard InChI is InChI=1S/C10H20N2/c1-7(2)10(11)12-8(3)9-5-4-6-9/h7-9H,4-6H2,1-3H3,(H2,11,12). The van der Waals surface area contributed by atoms with Crippen LogP contribution in [-0.2, 0) is 0 Å². The topological polar surface area (TPSA) is 38.4 Å². The van der Waals surface area contributed by atoms with Gasteiger partial charge in [-0.3, -0.25) is 4.99 Å². The first-order valence-corrected chi connectivity index (χ1v) is 4.94. The van der Waals surface area contributed by atoms with E-state index in [-0.39, 0.29) is 0 Å². The summed E-state index contributed by atoms with van der Waals surface area (Å²) in [7, 11) is 0. The third kappa shape index (κ3) is 2.23. The highest BCUT2D eigenvalue weighted by atomic mass is 14.9. The summed E-state index contributed by atoms with van der Waals surface area (Å²) in [6, 6.07) is 0.446. The number of aliphatic imine (C=N–C) groups is 1. The second-order valence-electron chi connectivity index (χ2n) is 4.14. The lowest BCUT2D eigenvalue weighted by atomic mass is 9.80. The van der Waals surface area contributed by atoms with Gasteiger partial charge in [-0.2, -0.15) is 0 Å². The third-order valence-corrected chi connectivity index (χ3v) is 2.78. The number of amidine groups is 1. The molecule has 2 nitrogen and oxygen atoms in total. The van der Waals surface area contributed by atoms with Crippen molar-refractivity contribution in [2.75, 3.05) is 0 Å². The molecule has 12 heavy (non-hydrogen) atoms. The van der Waals surface area contributed by atoms with Crippen LogP contribution in [-0.4, -0.2) is 11.9 Å². The van der Waals surface area contributed by atoms with Crippen LogP contribution in [0.2, 0.25) is 0 Å². The van der Waals surface area contributed by atoms with Gasteiger partial charge >= 0.3 is 0 Å². The lowest BCUT2D eigenvalue weighted by Gasteiger charge is -2.29. The minimum atomic E-state index is 0.396. The van der Waals surface area contributed by atoms with E-state index < -0.39 is 0 Å². The van der Waals surface area contributed by atoms with Crippen LogP contribution in [0, 0.1) is 11.8 Å². The first kappa shape index (κ1) is 9.56. The molecule has 0 bridgehead atoms. The molecule has 1 aliphatic rings. The van der Waals surface area contributed by atoms with Crippen molar-refractivity contribution in [2.45, 2.75) is 46.1 Å². The Morgan fingerprint density at radius 1 is 1.33 bits per heavy atom. The van der Waals surface area contributed by atoms with Gasteiger partial charge in [-0.05, 0) is 25.7 Å². The zero-order valence-electron chi connectivity index (χ0n) is 8.38. The third-order valence-electron chi connectivity index (χ3n) is 2.78. The van der Waals surface area contributed by atoms with Crippen molar-refractivity contribution in [3.8, 4) is 0 Å². The molecular weight excluding hydrogens is 148 g/mol. The number of hydrogen-bond acceptors (Lipinski definition) is 1. The molecule has 1 rings (SSSR count). The minimum absolute atomic E-state index is 0.396. The monoisotopic (exact) mass is 168 g/mol. The molecule has 0 heterocycles. The predicted molar refractivity (Wildman–Crippen MR) is 53.3 cm³/mol. The number of nitrogens with two attached hydrogens (primary N) is 1. The van der Waals surface area contributed by atoms with Crippen LogP contribution in [0.3, 0.4) is 0 Å². The fourth-order valence-electron chi connectivity index (χ4n) is 1.41. The fourth-order valence-corrected chi connectivity index (χ4v) is 1.41. The quantitative estimate of drug-likeness (QED) is 0.509. The Hall–Kier alpha value is -0.530. The fraction of sp³-hybridized carbons (Fsp3) is 0.900. The molecule has 1 aliphatic carbocycles. The summed E-state index contributed by atoms with van der Waals surface area (Å²) in [5.74, 6) is 2.02. The Kier molecular flexibility index (Phi) is 3.12. The summed E-state index contributed by atoms with van der Waals surface area (Å²) in [5.41, 5.74) is 5.78. The number of rotatable bonds is 3. The lowest BCUT2D eigenvalue weighted by molar-refractivity contribution is 0.274. The molecule has 0 aromatic carbocycles. The molecule has 1 fully saturated rings. The lowest BCUT2D eigenvalue weighted by Crippen LogP contribution is -2.27.